The molecule has 2 heterocycles. The lowest BCUT2D eigenvalue weighted by Crippen LogP contribution is -2.41. The van der Waals surface area contributed by atoms with Crippen LogP contribution in [0.5, 0.6) is 5.75 Å². The van der Waals surface area contributed by atoms with E-state index in [1.54, 1.807) is 51.1 Å². The number of nitro groups is 1. The summed E-state index contributed by atoms with van der Waals surface area (Å²) >= 11 is 0. The number of pyridine rings is 1. The van der Waals surface area contributed by atoms with Crippen LogP contribution in [0.4, 0.5) is 5.69 Å². The number of nitro benzene ring substituents is 1. The molecule has 1 saturated carbocycles. The average Bonchev–Trinajstić information content (AvgIpc) is 3.55. The Kier molecular flexibility index (Phi) is 5.66. The van der Waals surface area contributed by atoms with Gasteiger partial charge >= 0.3 is 0 Å². The van der Waals surface area contributed by atoms with Crippen LogP contribution in [-0.2, 0) is 10.0 Å². The van der Waals surface area contributed by atoms with Gasteiger partial charge in [-0.15, -0.1) is 0 Å². The highest BCUT2D eigenvalue weighted by Gasteiger charge is 2.44. The molecule has 0 aliphatic heterocycles. The third kappa shape index (κ3) is 3.76. The molecule has 9 nitrogen and oxygen atoms in total. The van der Waals surface area contributed by atoms with E-state index in [-0.39, 0.29) is 17.6 Å². The summed E-state index contributed by atoms with van der Waals surface area (Å²) in [6.45, 7) is 5.60. The molecule has 0 amide bonds. The molecule has 10 heteroatoms. The molecule has 0 radical (unpaired) electrons. The third-order valence-corrected chi connectivity index (χ3v) is 9.83. The van der Waals surface area contributed by atoms with Crippen molar-refractivity contribution in [2.24, 2.45) is 5.92 Å². The number of H-pyrrole nitrogens is 1. The number of nitrogens with one attached hydrogen (secondary N) is 1. The second-order valence-electron chi connectivity index (χ2n) is 9.74. The van der Waals surface area contributed by atoms with Crippen molar-refractivity contribution in [3.63, 3.8) is 0 Å². The number of benzene rings is 1. The van der Waals surface area contributed by atoms with Gasteiger partial charge in [-0.3, -0.25) is 14.9 Å². The van der Waals surface area contributed by atoms with Gasteiger partial charge in [-0.2, -0.15) is 0 Å². The van der Waals surface area contributed by atoms with Crippen LogP contribution in [0.25, 0.3) is 16.5 Å². The summed E-state index contributed by atoms with van der Waals surface area (Å²) in [6.07, 6.45) is 8.77. The van der Waals surface area contributed by atoms with Crippen molar-refractivity contribution in [2.45, 2.75) is 44.8 Å². The van der Waals surface area contributed by atoms with Crippen LogP contribution in [-0.4, -0.2) is 33.7 Å². The highest BCUT2D eigenvalue weighted by atomic mass is 32.2. The lowest BCUT2D eigenvalue weighted by molar-refractivity contribution is -0.385. The molecule has 0 bridgehead atoms. The highest BCUT2D eigenvalue weighted by molar-refractivity contribution is 7.91. The quantitative estimate of drug-likeness (QED) is 0.363. The first-order chi connectivity index (χ1) is 17.0. The molecule has 1 atom stereocenters. The number of aromatic amines is 1. The van der Waals surface area contributed by atoms with Gasteiger partial charge in [0.2, 0.25) is 10.0 Å². The third-order valence-electron chi connectivity index (χ3n) is 7.38. The van der Waals surface area contributed by atoms with Gasteiger partial charge in [-0.25, -0.2) is 12.4 Å². The first kappa shape index (κ1) is 24.1. The Morgan fingerprint density at radius 1 is 1.22 bits per heavy atom. The molecule has 5 rings (SSSR count). The SMILES string of the molecule is CC1=CC(c2c(OCC3CC3)ccc([N+](=O)[O-])c2C)=CCC1(C)S(=O)(=O)n1ccc2cc[nH]c(=O)c21. The fourth-order valence-corrected chi connectivity index (χ4v) is 6.57. The molecule has 1 N–H and O–H groups in total. The van der Waals surface area contributed by atoms with E-state index in [0.29, 0.717) is 45.9 Å². The maximum absolute atomic E-state index is 13.9. The number of rotatable bonds is 7. The Balaban J connectivity index is 1.57. The Morgan fingerprint density at radius 3 is 2.64 bits per heavy atom. The number of aromatic nitrogens is 2. The van der Waals surface area contributed by atoms with Gasteiger partial charge in [0.15, 0.2) is 0 Å². The molecular formula is C26H27N3O6S. The van der Waals surface area contributed by atoms with Gasteiger partial charge in [-0.05, 0) is 75.3 Å². The fraction of sp³-hybridized carbons (Fsp3) is 0.346. The summed E-state index contributed by atoms with van der Waals surface area (Å²) in [4.78, 5) is 26.2. The summed E-state index contributed by atoms with van der Waals surface area (Å²) in [5.41, 5.74) is 1.89. The largest absolute Gasteiger partial charge is 0.493 e. The Morgan fingerprint density at radius 2 is 1.97 bits per heavy atom. The molecule has 1 unspecified atom stereocenters. The van der Waals surface area contributed by atoms with Crippen molar-refractivity contribution in [1.82, 2.24) is 8.96 Å². The number of ether oxygens (including phenoxy) is 1. The van der Waals surface area contributed by atoms with Crippen LogP contribution in [0, 0.1) is 23.0 Å². The molecule has 188 valence electrons. The number of hydrogen-bond donors (Lipinski definition) is 1. The second kappa shape index (κ2) is 8.48. The van der Waals surface area contributed by atoms with E-state index >= 15 is 0 Å². The zero-order chi connectivity index (χ0) is 25.8. The van der Waals surface area contributed by atoms with Crippen LogP contribution in [0.1, 0.15) is 44.2 Å². The molecule has 2 aromatic heterocycles. The zero-order valence-electron chi connectivity index (χ0n) is 20.3. The van der Waals surface area contributed by atoms with Crippen molar-refractivity contribution in [3.05, 3.63) is 86.0 Å². The average molecular weight is 510 g/mol. The predicted octanol–water partition coefficient (Wildman–Crippen LogP) is 4.71. The minimum absolute atomic E-state index is 0.0188. The van der Waals surface area contributed by atoms with E-state index in [1.165, 1.54) is 18.5 Å². The molecule has 1 fully saturated rings. The molecule has 0 saturated heterocycles. The maximum atomic E-state index is 13.9. The number of allylic oxidation sites excluding steroid dienone is 3. The van der Waals surface area contributed by atoms with E-state index in [1.807, 2.05) is 0 Å². The van der Waals surface area contributed by atoms with Gasteiger partial charge in [0.05, 0.1) is 11.5 Å². The normalized spacial score (nSPS) is 20.2. The van der Waals surface area contributed by atoms with E-state index in [9.17, 15) is 23.3 Å². The zero-order valence-corrected chi connectivity index (χ0v) is 21.1. The standard InChI is InChI=1S/C26H27N3O6S/c1-16-14-20(23-17(2)21(29(31)32)6-7-22(23)35-15-18-4-5-18)8-11-26(16,3)36(33,34)28-13-10-19-9-12-27-25(30)24(19)28/h6-10,12-14,18H,4-5,11,15H2,1-3H3,(H,27,30). The van der Waals surface area contributed by atoms with E-state index in [4.69, 9.17) is 4.74 Å². The summed E-state index contributed by atoms with van der Waals surface area (Å²) in [5.74, 6) is 1.05. The lowest BCUT2D eigenvalue weighted by atomic mass is 9.85. The Bertz CT molecular complexity index is 1620. The second-order valence-corrected chi connectivity index (χ2v) is 12.0. The molecule has 3 aromatic rings. The smallest absolute Gasteiger partial charge is 0.273 e. The summed E-state index contributed by atoms with van der Waals surface area (Å²) in [5, 5.41) is 12.2. The van der Waals surface area contributed by atoms with Crippen LogP contribution >= 0.6 is 0 Å². The molecule has 2 aliphatic carbocycles. The lowest BCUT2D eigenvalue weighted by Gasteiger charge is -2.33. The van der Waals surface area contributed by atoms with Crippen LogP contribution in [0.3, 0.4) is 0 Å². The first-order valence-electron chi connectivity index (χ1n) is 11.8. The molecule has 36 heavy (non-hydrogen) atoms. The monoisotopic (exact) mass is 509 g/mol. The van der Waals surface area contributed by atoms with E-state index in [0.717, 1.165) is 16.8 Å². The minimum Gasteiger partial charge on any atom is -0.493 e. The van der Waals surface area contributed by atoms with E-state index in [2.05, 4.69) is 4.98 Å². The first-order valence-corrected chi connectivity index (χ1v) is 13.2. The number of fused-ring (bicyclic) bond motifs is 1. The summed E-state index contributed by atoms with van der Waals surface area (Å²) < 4.78 is 33.5. The molecule has 0 spiro atoms. The predicted molar refractivity (Wildman–Crippen MR) is 138 cm³/mol. The van der Waals surface area contributed by atoms with Gasteiger partial charge in [0, 0.05) is 35.0 Å². The Hall–Kier alpha value is -3.66. The van der Waals surface area contributed by atoms with Gasteiger partial charge in [0.1, 0.15) is 16.0 Å². The van der Waals surface area contributed by atoms with Crippen LogP contribution in [0.15, 0.2) is 59.2 Å². The molecule has 1 aromatic carbocycles. The van der Waals surface area contributed by atoms with Crippen LogP contribution in [0.2, 0.25) is 0 Å². The highest BCUT2D eigenvalue weighted by Crippen LogP contribution is 2.44. The van der Waals surface area contributed by atoms with Gasteiger partial charge < -0.3 is 9.72 Å². The molecule has 2 aliphatic rings. The van der Waals surface area contributed by atoms with Gasteiger partial charge in [-0.1, -0.05) is 12.2 Å². The fourth-order valence-electron chi connectivity index (χ4n) is 4.73. The maximum Gasteiger partial charge on any atom is 0.273 e. The summed E-state index contributed by atoms with van der Waals surface area (Å²) in [7, 11) is -4.03. The number of nitrogens with zero attached hydrogens (tertiary/aromatic N) is 2. The van der Waals surface area contributed by atoms with Crippen molar-refractivity contribution in [1.29, 1.82) is 0 Å². The van der Waals surface area contributed by atoms with Crippen molar-refractivity contribution in [2.75, 3.05) is 6.61 Å². The summed E-state index contributed by atoms with van der Waals surface area (Å²) in [6, 6.07) is 6.32. The van der Waals surface area contributed by atoms with Crippen LogP contribution < -0.4 is 10.3 Å². The number of hydrogen-bond acceptors (Lipinski definition) is 6. The minimum atomic E-state index is -4.03. The topological polar surface area (TPSA) is 124 Å². The molecular weight excluding hydrogens is 482 g/mol. The van der Waals surface area contributed by atoms with Crippen molar-refractivity contribution in [3.8, 4) is 5.75 Å². The van der Waals surface area contributed by atoms with Crippen molar-refractivity contribution >= 4 is 32.2 Å². The van der Waals surface area contributed by atoms with E-state index < -0.39 is 25.3 Å². The Labute approximate surface area is 208 Å². The van der Waals surface area contributed by atoms with Gasteiger partial charge in [0.25, 0.3) is 11.2 Å². The van der Waals surface area contributed by atoms with Crippen molar-refractivity contribution < 1.29 is 18.1 Å².